The van der Waals surface area contributed by atoms with Crippen LogP contribution < -0.4 is 19.7 Å². The molecule has 4 aromatic rings. The molecular weight excluding hydrogens is 450 g/mol. The number of aromatic nitrogens is 3. The second-order valence-electron chi connectivity index (χ2n) is 8.54. The minimum atomic E-state index is 0.352. The van der Waals surface area contributed by atoms with Gasteiger partial charge in [0.1, 0.15) is 31.1 Å². The predicted octanol–water partition coefficient (Wildman–Crippen LogP) is 5.75. The van der Waals surface area contributed by atoms with Gasteiger partial charge >= 0.3 is 0 Å². The first-order valence-corrected chi connectivity index (χ1v) is 11.9. The fourth-order valence-corrected chi connectivity index (χ4v) is 4.72. The summed E-state index contributed by atoms with van der Waals surface area (Å²) in [5.41, 5.74) is 3.61. The van der Waals surface area contributed by atoms with Gasteiger partial charge in [0.25, 0.3) is 0 Å². The molecule has 2 aromatic heterocycles. The molecule has 34 heavy (non-hydrogen) atoms. The van der Waals surface area contributed by atoms with Crippen molar-refractivity contribution in [1.82, 2.24) is 15.0 Å². The van der Waals surface area contributed by atoms with Gasteiger partial charge in [-0.3, -0.25) is 4.98 Å². The van der Waals surface area contributed by atoms with Crippen LogP contribution in [0.4, 0.5) is 17.2 Å². The monoisotopic (exact) mass is 473 g/mol. The summed E-state index contributed by atoms with van der Waals surface area (Å²) < 4.78 is 12.0. The van der Waals surface area contributed by atoms with Crippen molar-refractivity contribution in [2.24, 2.45) is 0 Å². The van der Waals surface area contributed by atoms with Gasteiger partial charge in [-0.1, -0.05) is 17.7 Å². The van der Waals surface area contributed by atoms with E-state index in [9.17, 15) is 0 Å². The van der Waals surface area contributed by atoms with Crippen LogP contribution in [0, 0.1) is 0 Å². The zero-order valence-electron chi connectivity index (χ0n) is 18.6. The molecule has 0 saturated heterocycles. The van der Waals surface area contributed by atoms with E-state index >= 15 is 0 Å². The number of hydrogen-bond donors (Lipinski definition) is 1. The third-order valence-corrected chi connectivity index (χ3v) is 6.73. The maximum atomic E-state index is 6.52. The van der Waals surface area contributed by atoms with Crippen LogP contribution in [0.25, 0.3) is 10.9 Å². The summed E-state index contributed by atoms with van der Waals surface area (Å²) in [5, 5.41) is 4.80. The number of pyridine rings is 1. The zero-order valence-corrected chi connectivity index (χ0v) is 19.3. The average molecular weight is 474 g/mol. The minimum absolute atomic E-state index is 0.352. The van der Waals surface area contributed by atoms with Crippen molar-refractivity contribution >= 4 is 39.7 Å². The first kappa shape index (κ1) is 21.0. The topological polar surface area (TPSA) is 72.4 Å². The Kier molecular flexibility index (Phi) is 5.55. The van der Waals surface area contributed by atoms with E-state index in [-0.39, 0.29) is 0 Å². The molecule has 0 amide bonds. The van der Waals surface area contributed by atoms with Gasteiger partial charge in [0.2, 0.25) is 0 Å². The largest absolute Gasteiger partial charge is 0.489 e. The first-order valence-electron chi connectivity index (χ1n) is 11.5. The Morgan fingerprint density at radius 3 is 2.82 bits per heavy atom. The van der Waals surface area contributed by atoms with Gasteiger partial charge in [0.05, 0.1) is 33.9 Å². The summed E-state index contributed by atoms with van der Waals surface area (Å²) in [5.74, 6) is 2.14. The van der Waals surface area contributed by atoms with Crippen molar-refractivity contribution in [3.8, 4) is 11.5 Å². The van der Waals surface area contributed by atoms with Gasteiger partial charge in [-0.2, -0.15) is 0 Å². The SMILES string of the molecule is Clc1cc(Nc2ncnc3ccc4c(c23)OCCN4C2CCC2)ccc1OCc1ccccn1. The number of halogens is 1. The highest BCUT2D eigenvalue weighted by Crippen LogP contribution is 2.44. The molecule has 1 aliphatic carbocycles. The Hall–Kier alpha value is -3.58. The number of ether oxygens (including phenoxy) is 2. The summed E-state index contributed by atoms with van der Waals surface area (Å²) in [7, 11) is 0. The molecule has 8 heteroatoms. The molecule has 1 fully saturated rings. The first-order chi connectivity index (χ1) is 16.8. The Bertz CT molecular complexity index is 1330. The van der Waals surface area contributed by atoms with E-state index in [1.165, 1.54) is 19.3 Å². The molecule has 0 radical (unpaired) electrons. The van der Waals surface area contributed by atoms with E-state index < -0.39 is 0 Å². The Morgan fingerprint density at radius 1 is 1.09 bits per heavy atom. The second kappa shape index (κ2) is 8.99. The van der Waals surface area contributed by atoms with Gasteiger partial charge in [0, 0.05) is 17.9 Å². The summed E-state index contributed by atoms with van der Waals surface area (Å²) in [6.45, 7) is 1.92. The number of hydrogen-bond acceptors (Lipinski definition) is 7. The van der Waals surface area contributed by atoms with Crippen molar-refractivity contribution < 1.29 is 9.47 Å². The highest BCUT2D eigenvalue weighted by Gasteiger charge is 2.31. The molecule has 7 nitrogen and oxygen atoms in total. The molecule has 1 N–H and O–H groups in total. The fraction of sp³-hybridized carbons (Fsp3) is 0.269. The van der Waals surface area contributed by atoms with Gasteiger partial charge in [-0.25, -0.2) is 9.97 Å². The molecule has 0 unspecified atom stereocenters. The maximum Gasteiger partial charge on any atom is 0.155 e. The van der Waals surface area contributed by atoms with E-state index in [0.29, 0.717) is 35.8 Å². The molecule has 1 saturated carbocycles. The van der Waals surface area contributed by atoms with E-state index in [0.717, 1.165) is 40.3 Å². The fourth-order valence-electron chi connectivity index (χ4n) is 4.49. The van der Waals surface area contributed by atoms with Gasteiger partial charge in [0.15, 0.2) is 5.75 Å². The molecule has 3 heterocycles. The number of nitrogens with zero attached hydrogens (tertiary/aromatic N) is 4. The number of benzene rings is 2. The predicted molar refractivity (Wildman–Crippen MR) is 133 cm³/mol. The lowest BCUT2D eigenvalue weighted by atomic mass is 9.90. The average Bonchev–Trinajstić information content (AvgIpc) is 2.83. The molecule has 6 rings (SSSR count). The standard InChI is InChI=1S/C26H24ClN5O2/c27-20-14-17(7-10-23(20)34-15-18-4-1-2-11-28-18)31-26-24-21(29-16-30-26)8-9-22-25(24)33-13-12-32(22)19-5-3-6-19/h1-2,4,7-11,14,16,19H,3,5-6,12-13,15H2,(H,29,30,31). The molecule has 2 aromatic carbocycles. The van der Waals surface area contributed by atoms with Crippen LogP contribution >= 0.6 is 11.6 Å². The van der Waals surface area contributed by atoms with Gasteiger partial charge in [-0.15, -0.1) is 0 Å². The van der Waals surface area contributed by atoms with Crippen LogP contribution in [0.5, 0.6) is 11.5 Å². The third-order valence-electron chi connectivity index (χ3n) is 6.44. The molecule has 1 aliphatic heterocycles. The van der Waals surface area contributed by atoms with Crippen molar-refractivity contribution in [3.05, 3.63) is 71.8 Å². The van der Waals surface area contributed by atoms with Crippen LogP contribution in [0.15, 0.2) is 61.1 Å². The zero-order chi connectivity index (χ0) is 22.9. The number of nitrogens with one attached hydrogen (secondary N) is 1. The Balaban J connectivity index is 1.28. The molecule has 0 atom stereocenters. The summed E-state index contributed by atoms with van der Waals surface area (Å²) in [6, 6.07) is 16.1. The Morgan fingerprint density at radius 2 is 2.03 bits per heavy atom. The number of rotatable bonds is 6. The molecular formula is C26H24ClN5O2. The summed E-state index contributed by atoms with van der Waals surface area (Å²) in [4.78, 5) is 15.8. The van der Waals surface area contributed by atoms with Crippen LogP contribution in [-0.2, 0) is 6.61 Å². The molecule has 0 bridgehead atoms. The van der Waals surface area contributed by atoms with Crippen LogP contribution in [0.1, 0.15) is 25.0 Å². The lowest BCUT2D eigenvalue weighted by molar-refractivity contribution is 0.282. The van der Waals surface area contributed by atoms with E-state index in [1.54, 1.807) is 12.5 Å². The van der Waals surface area contributed by atoms with Gasteiger partial charge < -0.3 is 19.7 Å². The van der Waals surface area contributed by atoms with E-state index in [1.807, 2.05) is 42.5 Å². The quantitative estimate of drug-likeness (QED) is 0.382. The van der Waals surface area contributed by atoms with Crippen molar-refractivity contribution in [1.29, 1.82) is 0 Å². The number of anilines is 3. The van der Waals surface area contributed by atoms with Crippen molar-refractivity contribution in [3.63, 3.8) is 0 Å². The highest BCUT2D eigenvalue weighted by molar-refractivity contribution is 6.32. The molecule has 0 spiro atoms. The van der Waals surface area contributed by atoms with Crippen LogP contribution in [0.2, 0.25) is 5.02 Å². The second-order valence-corrected chi connectivity index (χ2v) is 8.94. The maximum absolute atomic E-state index is 6.52. The van der Waals surface area contributed by atoms with Crippen molar-refractivity contribution in [2.75, 3.05) is 23.4 Å². The smallest absolute Gasteiger partial charge is 0.155 e. The number of fused-ring (bicyclic) bond motifs is 3. The summed E-state index contributed by atoms with van der Waals surface area (Å²) >= 11 is 6.52. The third kappa shape index (κ3) is 3.96. The lowest BCUT2D eigenvalue weighted by Gasteiger charge is -2.42. The van der Waals surface area contributed by atoms with Crippen molar-refractivity contribution in [2.45, 2.75) is 31.9 Å². The van der Waals surface area contributed by atoms with Crippen LogP contribution in [-0.4, -0.2) is 34.1 Å². The van der Waals surface area contributed by atoms with E-state index in [2.05, 4.69) is 31.2 Å². The molecule has 2 aliphatic rings. The highest BCUT2D eigenvalue weighted by atomic mass is 35.5. The summed E-state index contributed by atoms with van der Waals surface area (Å²) in [6.07, 6.45) is 7.08. The van der Waals surface area contributed by atoms with E-state index in [4.69, 9.17) is 21.1 Å². The minimum Gasteiger partial charge on any atom is -0.489 e. The van der Waals surface area contributed by atoms with Crippen LogP contribution in [0.3, 0.4) is 0 Å². The molecule has 172 valence electrons. The van der Waals surface area contributed by atoms with Gasteiger partial charge in [-0.05, 0) is 61.7 Å². The Labute approximate surface area is 202 Å². The normalized spacial score (nSPS) is 15.4. The lowest BCUT2D eigenvalue weighted by Crippen LogP contribution is -2.44.